The maximum Gasteiger partial charge on any atom is 0.245 e. The number of piperidine rings is 1. The molecule has 1 aliphatic heterocycles. The van der Waals surface area contributed by atoms with Gasteiger partial charge in [-0.3, -0.25) is 0 Å². The summed E-state index contributed by atoms with van der Waals surface area (Å²) in [4.78, 5) is 0.197. The standard InChI is InChI=1S/C13H19BrN2O2S/c1-9-4-3-5-10(2)16(9)19(17,18)13-8-11(14)6-7-12(13)15/h6-10H,3-5,15H2,1-2H3. The zero-order valence-electron chi connectivity index (χ0n) is 11.1. The van der Waals surface area contributed by atoms with Crippen LogP contribution in [-0.4, -0.2) is 24.8 Å². The number of halogens is 1. The largest absolute Gasteiger partial charge is 0.398 e. The summed E-state index contributed by atoms with van der Waals surface area (Å²) in [6, 6.07) is 4.99. The maximum absolute atomic E-state index is 12.8. The van der Waals surface area contributed by atoms with Crippen molar-refractivity contribution >= 4 is 31.6 Å². The van der Waals surface area contributed by atoms with Crippen LogP contribution < -0.4 is 5.73 Å². The molecule has 1 heterocycles. The van der Waals surface area contributed by atoms with Crippen LogP contribution in [0.2, 0.25) is 0 Å². The molecule has 2 N–H and O–H groups in total. The molecule has 0 bridgehead atoms. The highest BCUT2D eigenvalue weighted by molar-refractivity contribution is 9.10. The fourth-order valence-electron chi connectivity index (χ4n) is 2.72. The van der Waals surface area contributed by atoms with Crippen LogP contribution in [0.15, 0.2) is 27.6 Å². The van der Waals surface area contributed by atoms with Gasteiger partial charge >= 0.3 is 0 Å². The number of sulfonamides is 1. The van der Waals surface area contributed by atoms with Crippen molar-refractivity contribution in [2.45, 2.75) is 50.1 Å². The van der Waals surface area contributed by atoms with Gasteiger partial charge in [0.2, 0.25) is 10.0 Å². The first-order valence-corrected chi connectivity index (χ1v) is 8.66. The maximum atomic E-state index is 12.8. The Bertz CT molecular complexity index is 564. The van der Waals surface area contributed by atoms with Crippen LogP contribution in [-0.2, 0) is 10.0 Å². The lowest BCUT2D eigenvalue weighted by Gasteiger charge is -2.37. The second kappa shape index (κ2) is 5.42. The van der Waals surface area contributed by atoms with Crippen molar-refractivity contribution < 1.29 is 8.42 Å². The minimum Gasteiger partial charge on any atom is -0.398 e. The highest BCUT2D eigenvalue weighted by Gasteiger charge is 2.36. The number of hydrogen-bond acceptors (Lipinski definition) is 3. The van der Waals surface area contributed by atoms with E-state index in [1.807, 2.05) is 13.8 Å². The topological polar surface area (TPSA) is 63.4 Å². The van der Waals surface area contributed by atoms with E-state index in [0.717, 1.165) is 23.7 Å². The van der Waals surface area contributed by atoms with Gasteiger partial charge in [-0.25, -0.2) is 8.42 Å². The van der Waals surface area contributed by atoms with Gasteiger partial charge in [0.15, 0.2) is 0 Å². The third kappa shape index (κ3) is 2.80. The number of hydrogen-bond donors (Lipinski definition) is 1. The van der Waals surface area contributed by atoms with Crippen LogP contribution in [0, 0.1) is 0 Å². The summed E-state index contributed by atoms with van der Waals surface area (Å²) in [5, 5.41) is 0. The van der Waals surface area contributed by atoms with Gasteiger partial charge < -0.3 is 5.73 Å². The molecule has 4 nitrogen and oxygen atoms in total. The van der Waals surface area contributed by atoms with Crippen molar-refractivity contribution in [3.63, 3.8) is 0 Å². The van der Waals surface area contributed by atoms with Crippen molar-refractivity contribution in [2.75, 3.05) is 5.73 Å². The fraction of sp³-hybridized carbons (Fsp3) is 0.538. The van der Waals surface area contributed by atoms with E-state index in [2.05, 4.69) is 15.9 Å². The second-order valence-electron chi connectivity index (χ2n) is 5.15. The van der Waals surface area contributed by atoms with Gasteiger partial charge in [0.1, 0.15) is 4.90 Å². The highest BCUT2D eigenvalue weighted by atomic mass is 79.9. The first-order valence-electron chi connectivity index (χ1n) is 6.42. The summed E-state index contributed by atoms with van der Waals surface area (Å²) in [5.41, 5.74) is 6.15. The average molecular weight is 347 g/mol. The van der Waals surface area contributed by atoms with E-state index >= 15 is 0 Å². The van der Waals surface area contributed by atoms with E-state index in [0.29, 0.717) is 5.69 Å². The number of rotatable bonds is 2. The molecule has 19 heavy (non-hydrogen) atoms. The summed E-state index contributed by atoms with van der Waals surface area (Å²) in [6.45, 7) is 3.92. The second-order valence-corrected chi connectivity index (χ2v) is 7.87. The number of anilines is 1. The van der Waals surface area contributed by atoms with E-state index in [4.69, 9.17) is 5.73 Å². The molecule has 0 saturated carbocycles. The monoisotopic (exact) mass is 346 g/mol. The summed E-state index contributed by atoms with van der Waals surface area (Å²) in [6.07, 6.45) is 2.87. The predicted molar refractivity (Wildman–Crippen MR) is 80.4 cm³/mol. The summed E-state index contributed by atoms with van der Waals surface area (Å²) in [5.74, 6) is 0. The van der Waals surface area contributed by atoms with Crippen molar-refractivity contribution in [3.05, 3.63) is 22.7 Å². The van der Waals surface area contributed by atoms with E-state index in [-0.39, 0.29) is 17.0 Å². The molecule has 0 amide bonds. The van der Waals surface area contributed by atoms with Crippen LogP contribution in [0.4, 0.5) is 5.69 Å². The quantitative estimate of drug-likeness (QED) is 0.837. The Hall–Kier alpha value is -0.590. The zero-order valence-corrected chi connectivity index (χ0v) is 13.5. The normalized spacial score (nSPS) is 25.4. The molecule has 2 rings (SSSR count). The number of nitrogens with two attached hydrogens (primary N) is 1. The molecule has 0 aromatic heterocycles. The average Bonchev–Trinajstić information content (AvgIpc) is 2.31. The first kappa shape index (κ1) is 14.8. The lowest BCUT2D eigenvalue weighted by atomic mass is 10.0. The van der Waals surface area contributed by atoms with Crippen LogP contribution >= 0.6 is 15.9 Å². The molecule has 0 aliphatic carbocycles. The molecule has 1 aromatic rings. The molecular formula is C13H19BrN2O2S. The van der Waals surface area contributed by atoms with E-state index in [1.165, 1.54) is 0 Å². The Morgan fingerprint density at radius 2 is 1.84 bits per heavy atom. The van der Waals surface area contributed by atoms with Crippen molar-refractivity contribution in [1.82, 2.24) is 4.31 Å². The van der Waals surface area contributed by atoms with Crippen LogP contribution in [0.1, 0.15) is 33.1 Å². The third-order valence-electron chi connectivity index (χ3n) is 3.64. The minimum atomic E-state index is -3.54. The van der Waals surface area contributed by atoms with Crippen molar-refractivity contribution in [2.24, 2.45) is 0 Å². The van der Waals surface area contributed by atoms with Crippen LogP contribution in [0.5, 0.6) is 0 Å². The van der Waals surface area contributed by atoms with Gasteiger partial charge in [-0.15, -0.1) is 0 Å². The minimum absolute atomic E-state index is 0.0205. The molecular weight excluding hydrogens is 328 g/mol. The van der Waals surface area contributed by atoms with Crippen LogP contribution in [0.25, 0.3) is 0 Å². The Morgan fingerprint density at radius 3 is 2.42 bits per heavy atom. The number of nitrogen functional groups attached to an aromatic ring is 1. The summed E-state index contributed by atoms with van der Waals surface area (Å²) in [7, 11) is -3.54. The van der Waals surface area contributed by atoms with Crippen LogP contribution in [0.3, 0.4) is 0 Å². The summed E-state index contributed by atoms with van der Waals surface area (Å²) >= 11 is 3.30. The van der Waals surface area contributed by atoms with Gasteiger partial charge in [0.05, 0.1) is 5.69 Å². The molecule has 1 saturated heterocycles. The molecule has 1 fully saturated rings. The van der Waals surface area contributed by atoms with Gasteiger partial charge in [-0.2, -0.15) is 4.31 Å². The highest BCUT2D eigenvalue weighted by Crippen LogP contribution is 2.32. The van der Waals surface area contributed by atoms with Crippen molar-refractivity contribution in [1.29, 1.82) is 0 Å². The molecule has 2 atom stereocenters. The van der Waals surface area contributed by atoms with Gasteiger partial charge in [0, 0.05) is 16.6 Å². The molecule has 1 aliphatic rings. The van der Waals surface area contributed by atoms with Gasteiger partial charge in [-0.05, 0) is 44.9 Å². The Balaban J connectivity index is 2.49. The zero-order chi connectivity index (χ0) is 14.2. The first-order chi connectivity index (χ1) is 8.84. The summed E-state index contributed by atoms with van der Waals surface area (Å²) < 4.78 is 27.9. The predicted octanol–water partition coefficient (Wildman–Crippen LogP) is 2.98. The molecule has 2 unspecified atom stereocenters. The number of nitrogens with zero attached hydrogens (tertiary/aromatic N) is 1. The Morgan fingerprint density at radius 1 is 1.26 bits per heavy atom. The van der Waals surface area contributed by atoms with E-state index in [9.17, 15) is 8.42 Å². The van der Waals surface area contributed by atoms with E-state index < -0.39 is 10.0 Å². The van der Waals surface area contributed by atoms with Gasteiger partial charge in [-0.1, -0.05) is 22.4 Å². The third-order valence-corrected chi connectivity index (χ3v) is 6.32. The molecule has 1 aromatic carbocycles. The smallest absolute Gasteiger partial charge is 0.245 e. The number of benzene rings is 1. The molecule has 0 radical (unpaired) electrons. The Labute approximate surface area is 123 Å². The van der Waals surface area contributed by atoms with E-state index in [1.54, 1.807) is 22.5 Å². The lowest BCUT2D eigenvalue weighted by Crippen LogP contribution is -2.47. The SMILES string of the molecule is CC1CCCC(C)N1S(=O)(=O)c1cc(Br)ccc1N. The van der Waals surface area contributed by atoms with Gasteiger partial charge in [0.25, 0.3) is 0 Å². The van der Waals surface area contributed by atoms with Crippen molar-refractivity contribution in [3.8, 4) is 0 Å². The fourth-order valence-corrected chi connectivity index (χ4v) is 5.26. The lowest BCUT2D eigenvalue weighted by molar-refractivity contribution is 0.204. The molecule has 6 heteroatoms. The Kier molecular flexibility index (Phi) is 4.23. The molecule has 106 valence electrons. The molecule has 0 spiro atoms.